The van der Waals surface area contributed by atoms with Crippen LogP contribution in [0.5, 0.6) is 0 Å². The zero-order valence-corrected chi connectivity index (χ0v) is 15.1. The minimum absolute atomic E-state index is 0.107. The summed E-state index contributed by atoms with van der Waals surface area (Å²) in [6, 6.07) is 11.5. The highest BCUT2D eigenvalue weighted by Gasteiger charge is 2.40. The first kappa shape index (κ1) is 16.5. The van der Waals surface area contributed by atoms with Crippen molar-refractivity contribution in [1.29, 1.82) is 0 Å². The van der Waals surface area contributed by atoms with Gasteiger partial charge in [-0.1, -0.05) is 47.5 Å². The van der Waals surface area contributed by atoms with E-state index in [-0.39, 0.29) is 17.9 Å². The fourth-order valence-corrected chi connectivity index (χ4v) is 4.31. The SMILES string of the molecule is COC(=O)c1ccc(Cl)c2c1[C@@H]1C=CC[C@H]1[C@H](c1ccc(Cl)cc1)N2. The molecule has 25 heavy (non-hydrogen) atoms. The lowest BCUT2D eigenvalue weighted by Crippen LogP contribution is -2.30. The summed E-state index contributed by atoms with van der Waals surface area (Å²) >= 11 is 12.5. The predicted octanol–water partition coefficient (Wildman–Crippen LogP) is 5.61. The molecule has 1 aliphatic carbocycles. The van der Waals surface area contributed by atoms with Crippen LogP contribution >= 0.6 is 23.2 Å². The topological polar surface area (TPSA) is 38.3 Å². The van der Waals surface area contributed by atoms with Crippen LogP contribution < -0.4 is 5.32 Å². The van der Waals surface area contributed by atoms with Gasteiger partial charge in [0, 0.05) is 10.9 Å². The lowest BCUT2D eigenvalue weighted by atomic mass is 9.75. The van der Waals surface area contributed by atoms with E-state index in [9.17, 15) is 4.79 Å². The van der Waals surface area contributed by atoms with Gasteiger partial charge in [-0.05, 0) is 47.7 Å². The Kier molecular flexibility index (Phi) is 4.22. The summed E-state index contributed by atoms with van der Waals surface area (Å²) < 4.78 is 4.97. The molecule has 0 unspecified atom stereocenters. The first-order chi connectivity index (χ1) is 12.1. The van der Waals surface area contributed by atoms with Crippen molar-refractivity contribution < 1.29 is 9.53 Å². The highest BCUT2D eigenvalue weighted by Crippen LogP contribution is 2.52. The second-order valence-electron chi connectivity index (χ2n) is 6.40. The quantitative estimate of drug-likeness (QED) is 0.549. The average Bonchev–Trinajstić information content (AvgIpc) is 3.11. The third kappa shape index (κ3) is 2.72. The number of carbonyl (C=O) groups excluding carboxylic acids is 1. The molecule has 128 valence electrons. The van der Waals surface area contributed by atoms with Crippen LogP contribution in [0.3, 0.4) is 0 Å². The van der Waals surface area contributed by atoms with E-state index in [0.717, 1.165) is 23.2 Å². The van der Waals surface area contributed by atoms with Crippen LogP contribution in [-0.2, 0) is 4.74 Å². The molecule has 0 aromatic heterocycles. The summed E-state index contributed by atoms with van der Waals surface area (Å²) in [4.78, 5) is 12.2. The maximum atomic E-state index is 12.2. The molecular formula is C20H17Cl2NO2. The molecule has 0 saturated heterocycles. The molecule has 5 heteroatoms. The summed E-state index contributed by atoms with van der Waals surface area (Å²) in [5.74, 6) is 0.110. The number of ether oxygens (including phenoxy) is 1. The van der Waals surface area contributed by atoms with Crippen LogP contribution in [0.4, 0.5) is 5.69 Å². The van der Waals surface area contributed by atoms with Crippen molar-refractivity contribution in [3.63, 3.8) is 0 Å². The van der Waals surface area contributed by atoms with E-state index in [1.807, 2.05) is 24.3 Å². The predicted molar refractivity (Wildman–Crippen MR) is 101 cm³/mol. The van der Waals surface area contributed by atoms with Gasteiger partial charge in [-0.3, -0.25) is 0 Å². The molecule has 3 atom stereocenters. The molecule has 0 saturated carbocycles. The Bertz CT molecular complexity index is 861. The van der Waals surface area contributed by atoms with Crippen LogP contribution in [-0.4, -0.2) is 13.1 Å². The Hall–Kier alpha value is -1.97. The number of rotatable bonds is 2. The van der Waals surface area contributed by atoms with Crippen LogP contribution in [0.25, 0.3) is 0 Å². The van der Waals surface area contributed by atoms with Crippen LogP contribution in [0, 0.1) is 5.92 Å². The van der Waals surface area contributed by atoms with Gasteiger partial charge >= 0.3 is 5.97 Å². The number of hydrogen-bond donors (Lipinski definition) is 1. The molecule has 2 aromatic rings. The maximum absolute atomic E-state index is 12.2. The lowest BCUT2D eigenvalue weighted by molar-refractivity contribution is 0.0598. The fourth-order valence-electron chi connectivity index (χ4n) is 3.96. The van der Waals surface area contributed by atoms with Crippen molar-refractivity contribution in [2.45, 2.75) is 18.4 Å². The second-order valence-corrected chi connectivity index (χ2v) is 7.25. The molecule has 1 heterocycles. The fraction of sp³-hybridized carbons (Fsp3) is 0.250. The lowest BCUT2D eigenvalue weighted by Gasteiger charge is -2.38. The average molecular weight is 374 g/mol. The number of benzene rings is 2. The molecule has 2 aromatic carbocycles. The first-order valence-electron chi connectivity index (χ1n) is 8.19. The molecule has 3 nitrogen and oxygen atoms in total. The number of hydrogen-bond acceptors (Lipinski definition) is 3. The zero-order chi connectivity index (χ0) is 17.6. The minimum atomic E-state index is -0.335. The monoisotopic (exact) mass is 373 g/mol. The van der Waals surface area contributed by atoms with Crippen LogP contribution in [0.15, 0.2) is 48.6 Å². The first-order valence-corrected chi connectivity index (χ1v) is 8.95. The summed E-state index contributed by atoms with van der Waals surface area (Å²) in [5.41, 5.74) is 3.49. The number of anilines is 1. The minimum Gasteiger partial charge on any atom is -0.465 e. The molecule has 0 radical (unpaired) electrons. The summed E-state index contributed by atoms with van der Waals surface area (Å²) in [5, 5.41) is 4.90. The van der Waals surface area contributed by atoms with Gasteiger partial charge in [-0.25, -0.2) is 4.79 Å². The number of nitrogens with one attached hydrogen (secondary N) is 1. The largest absolute Gasteiger partial charge is 0.465 e. The van der Waals surface area contributed by atoms with Gasteiger partial charge in [0.15, 0.2) is 0 Å². The molecule has 1 N–H and O–H groups in total. The zero-order valence-electron chi connectivity index (χ0n) is 13.6. The van der Waals surface area contributed by atoms with Crippen molar-refractivity contribution in [3.05, 3.63) is 75.3 Å². The molecule has 0 amide bonds. The molecule has 4 rings (SSSR count). The highest BCUT2D eigenvalue weighted by molar-refractivity contribution is 6.33. The Morgan fingerprint density at radius 2 is 1.92 bits per heavy atom. The number of carbonyl (C=O) groups is 1. The second kappa shape index (κ2) is 6.40. The van der Waals surface area contributed by atoms with Gasteiger partial charge < -0.3 is 10.1 Å². The van der Waals surface area contributed by atoms with E-state index < -0.39 is 0 Å². The standard InChI is InChI=1S/C20H17Cl2NO2/c1-25-20(24)15-9-10-16(22)19-17(15)13-3-2-4-14(13)18(23-19)11-5-7-12(21)8-6-11/h2-3,5-10,13-14,18,23H,4H2,1H3/t13-,14-,18+/m1/s1. The van der Waals surface area contributed by atoms with Crippen molar-refractivity contribution in [3.8, 4) is 0 Å². The number of fused-ring (bicyclic) bond motifs is 3. The van der Waals surface area contributed by atoms with Gasteiger partial charge in [0.2, 0.25) is 0 Å². The molecule has 0 spiro atoms. The molecule has 2 aliphatic rings. The smallest absolute Gasteiger partial charge is 0.338 e. The maximum Gasteiger partial charge on any atom is 0.338 e. The van der Waals surface area contributed by atoms with Gasteiger partial charge in [-0.15, -0.1) is 0 Å². The van der Waals surface area contributed by atoms with E-state index in [1.54, 1.807) is 12.1 Å². The third-order valence-electron chi connectivity index (χ3n) is 5.10. The van der Waals surface area contributed by atoms with Crippen LogP contribution in [0.1, 0.15) is 39.9 Å². The Balaban J connectivity index is 1.85. The van der Waals surface area contributed by atoms with E-state index in [4.69, 9.17) is 27.9 Å². The number of halogens is 2. The van der Waals surface area contributed by atoms with Gasteiger partial charge in [0.25, 0.3) is 0 Å². The molecule has 1 aliphatic heterocycles. The van der Waals surface area contributed by atoms with E-state index >= 15 is 0 Å². The van der Waals surface area contributed by atoms with Gasteiger partial charge in [0.1, 0.15) is 0 Å². The Morgan fingerprint density at radius 1 is 1.16 bits per heavy atom. The van der Waals surface area contributed by atoms with Crippen LogP contribution in [0.2, 0.25) is 10.0 Å². The summed E-state index contributed by atoms with van der Waals surface area (Å²) in [6.07, 6.45) is 5.30. The summed E-state index contributed by atoms with van der Waals surface area (Å²) in [7, 11) is 1.40. The van der Waals surface area contributed by atoms with E-state index in [1.165, 1.54) is 7.11 Å². The summed E-state index contributed by atoms with van der Waals surface area (Å²) in [6.45, 7) is 0. The highest BCUT2D eigenvalue weighted by atomic mass is 35.5. The Labute approximate surface area is 156 Å². The molecule has 0 bridgehead atoms. The normalized spacial score (nSPS) is 23.6. The number of methoxy groups -OCH3 is 1. The number of esters is 1. The van der Waals surface area contributed by atoms with E-state index in [0.29, 0.717) is 21.5 Å². The van der Waals surface area contributed by atoms with Gasteiger partial charge in [0.05, 0.1) is 29.4 Å². The van der Waals surface area contributed by atoms with Crippen molar-refractivity contribution >= 4 is 34.9 Å². The number of allylic oxidation sites excluding steroid dienone is 2. The van der Waals surface area contributed by atoms with E-state index in [2.05, 4.69) is 17.5 Å². The molecular weight excluding hydrogens is 357 g/mol. The van der Waals surface area contributed by atoms with Crippen molar-refractivity contribution in [2.75, 3.05) is 12.4 Å². The van der Waals surface area contributed by atoms with Gasteiger partial charge in [-0.2, -0.15) is 0 Å². The van der Waals surface area contributed by atoms with Crippen molar-refractivity contribution in [2.24, 2.45) is 5.92 Å². The Morgan fingerprint density at radius 3 is 2.64 bits per heavy atom. The molecule has 0 fully saturated rings. The van der Waals surface area contributed by atoms with Crippen molar-refractivity contribution in [1.82, 2.24) is 0 Å². The third-order valence-corrected chi connectivity index (χ3v) is 5.67.